The van der Waals surface area contributed by atoms with Gasteiger partial charge in [-0.1, -0.05) is 46.5 Å². The molecule has 1 heterocycles. The van der Waals surface area contributed by atoms with Crippen LogP contribution in [0.2, 0.25) is 0 Å². The molecule has 1 saturated heterocycles. The van der Waals surface area contributed by atoms with Gasteiger partial charge in [0.15, 0.2) is 0 Å². The molecular weight excluding hydrogens is 232 g/mol. The van der Waals surface area contributed by atoms with Crippen molar-refractivity contribution in [3.8, 4) is 0 Å². The number of nitrogens with one attached hydrogen (secondary N) is 1. The molecule has 2 rings (SSSR count). The van der Waals surface area contributed by atoms with E-state index in [-0.39, 0.29) is 0 Å². The zero-order valence-electron chi connectivity index (χ0n) is 13.4. The second-order valence-corrected chi connectivity index (χ2v) is 7.34. The number of hydrogen-bond acceptors (Lipinski definition) is 2. The topological polar surface area (TPSA) is 15.3 Å². The van der Waals surface area contributed by atoms with Crippen molar-refractivity contribution in [1.29, 1.82) is 0 Å². The number of nitrogens with zero attached hydrogens (tertiary/aromatic N) is 1. The first-order valence-electron chi connectivity index (χ1n) is 8.58. The van der Waals surface area contributed by atoms with Crippen molar-refractivity contribution in [3.05, 3.63) is 0 Å². The Balaban J connectivity index is 1.96. The summed E-state index contributed by atoms with van der Waals surface area (Å²) < 4.78 is 0. The zero-order valence-corrected chi connectivity index (χ0v) is 13.4. The molecule has 2 atom stereocenters. The molecule has 0 spiro atoms. The Morgan fingerprint density at radius 2 is 1.58 bits per heavy atom. The highest BCUT2D eigenvalue weighted by Crippen LogP contribution is 2.37. The molecule has 2 unspecified atom stereocenters. The van der Waals surface area contributed by atoms with Crippen LogP contribution < -0.4 is 5.32 Å². The highest BCUT2D eigenvalue weighted by Gasteiger charge is 2.35. The maximum atomic E-state index is 3.66. The monoisotopic (exact) mass is 266 g/mol. The Morgan fingerprint density at radius 3 is 2.11 bits per heavy atom. The number of likely N-dealkylation sites (tertiary alicyclic amines) is 1. The van der Waals surface area contributed by atoms with Gasteiger partial charge in [0.25, 0.3) is 0 Å². The lowest BCUT2D eigenvalue weighted by Crippen LogP contribution is -2.43. The number of rotatable bonds is 5. The number of hydrogen-bond donors (Lipinski definition) is 1. The van der Waals surface area contributed by atoms with Crippen molar-refractivity contribution in [1.82, 2.24) is 10.2 Å². The van der Waals surface area contributed by atoms with Crippen molar-refractivity contribution in [2.24, 2.45) is 17.3 Å². The standard InChI is InChI=1S/C17H34N2/c1-4-18-13-17(9-7-5-6-8-10-17)14-19-11-15(2)16(3)12-19/h15-16,18H,4-14H2,1-3H3. The van der Waals surface area contributed by atoms with Gasteiger partial charge in [0.2, 0.25) is 0 Å². The van der Waals surface area contributed by atoms with Gasteiger partial charge in [-0.3, -0.25) is 0 Å². The lowest BCUT2D eigenvalue weighted by molar-refractivity contribution is 0.142. The fourth-order valence-electron chi connectivity index (χ4n) is 4.11. The van der Waals surface area contributed by atoms with Crippen molar-refractivity contribution in [3.63, 3.8) is 0 Å². The van der Waals surface area contributed by atoms with Crippen molar-refractivity contribution >= 4 is 0 Å². The highest BCUT2D eigenvalue weighted by atomic mass is 15.2. The summed E-state index contributed by atoms with van der Waals surface area (Å²) in [5.41, 5.74) is 0.566. The van der Waals surface area contributed by atoms with Crippen LogP contribution >= 0.6 is 0 Å². The molecule has 2 aliphatic rings. The summed E-state index contributed by atoms with van der Waals surface area (Å²) in [5, 5.41) is 3.66. The molecule has 0 aromatic rings. The SMILES string of the molecule is CCNCC1(CN2CC(C)C(C)C2)CCCCCC1. The van der Waals surface area contributed by atoms with E-state index in [0.717, 1.165) is 18.4 Å². The fourth-order valence-corrected chi connectivity index (χ4v) is 4.11. The molecule has 1 N–H and O–H groups in total. The molecule has 2 nitrogen and oxygen atoms in total. The predicted molar refractivity (Wildman–Crippen MR) is 83.4 cm³/mol. The minimum atomic E-state index is 0.566. The van der Waals surface area contributed by atoms with E-state index in [2.05, 4.69) is 31.0 Å². The third-order valence-corrected chi connectivity index (χ3v) is 5.54. The van der Waals surface area contributed by atoms with Crippen molar-refractivity contribution in [2.45, 2.75) is 59.3 Å². The van der Waals surface area contributed by atoms with Gasteiger partial charge < -0.3 is 10.2 Å². The normalized spacial score (nSPS) is 32.4. The van der Waals surface area contributed by atoms with E-state index in [4.69, 9.17) is 0 Å². The Morgan fingerprint density at radius 1 is 1.00 bits per heavy atom. The quantitative estimate of drug-likeness (QED) is 0.766. The van der Waals surface area contributed by atoms with E-state index in [1.165, 1.54) is 64.7 Å². The summed E-state index contributed by atoms with van der Waals surface area (Å²) >= 11 is 0. The molecule has 0 bridgehead atoms. The molecule has 0 aromatic carbocycles. The summed E-state index contributed by atoms with van der Waals surface area (Å²) in [6, 6.07) is 0. The van der Waals surface area contributed by atoms with E-state index in [1.807, 2.05) is 0 Å². The van der Waals surface area contributed by atoms with Crippen molar-refractivity contribution in [2.75, 3.05) is 32.7 Å². The summed E-state index contributed by atoms with van der Waals surface area (Å²) in [7, 11) is 0. The Bertz CT molecular complexity index is 246. The largest absolute Gasteiger partial charge is 0.316 e. The highest BCUT2D eigenvalue weighted by molar-refractivity contribution is 4.90. The minimum absolute atomic E-state index is 0.566. The van der Waals surface area contributed by atoms with Crippen LogP contribution in [0, 0.1) is 17.3 Å². The summed E-state index contributed by atoms with van der Waals surface area (Å²) in [4.78, 5) is 2.76. The maximum absolute atomic E-state index is 3.66. The van der Waals surface area contributed by atoms with Gasteiger partial charge in [-0.05, 0) is 36.6 Å². The molecule has 0 amide bonds. The molecule has 1 saturated carbocycles. The van der Waals surface area contributed by atoms with Gasteiger partial charge in [-0.25, -0.2) is 0 Å². The van der Waals surface area contributed by atoms with Gasteiger partial charge in [0, 0.05) is 26.2 Å². The van der Waals surface area contributed by atoms with Crippen LogP contribution in [0.3, 0.4) is 0 Å². The Hall–Kier alpha value is -0.0800. The molecule has 0 aromatic heterocycles. The van der Waals surface area contributed by atoms with Crippen LogP contribution in [-0.2, 0) is 0 Å². The first-order chi connectivity index (χ1) is 9.15. The predicted octanol–water partition coefficient (Wildman–Crippen LogP) is 3.52. The molecule has 1 aliphatic carbocycles. The summed E-state index contributed by atoms with van der Waals surface area (Å²) in [6.07, 6.45) is 8.70. The molecule has 112 valence electrons. The Labute approximate surface area is 120 Å². The van der Waals surface area contributed by atoms with Crippen LogP contribution in [0.15, 0.2) is 0 Å². The third-order valence-electron chi connectivity index (χ3n) is 5.54. The van der Waals surface area contributed by atoms with E-state index in [0.29, 0.717) is 5.41 Å². The fraction of sp³-hybridized carbons (Fsp3) is 1.00. The average molecular weight is 266 g/mol. The van der Waals surface area contributed by atoms with Gasteiger partial charge in [0.05, 0.1) is 0 Å². The molecule has 0 radical (unpaired) electrons. The molecule has 2 fully saturated rings. The zero-order chi connectivity index (χ0) is 13.7. The smallest absolute Gasteiger partial charge is 0.00504 e. The maximum Gasteiger partial charge on any atom is 0.00504 e. The van der Waals surface area contributed by atoms with Gasteiger partial charge >= 0.3 is 0 Å². The van der Waals surface area contributed by atoms with Crippen LogP contribution in [0.1, 0.15) is 59.3 Å². The van der Waals surface area contributed by atoms with Gasteiger partial charge in [-0.15, -0.1) is 0 Å². The van der Waals surface area contributed by atoms with Crippen molar-refractivity contribution < 1.29 is 0 Å². The molecule has 2 heteroatoms. The molecule has 1 aliphatic heterocycles. The van der Waals surface area contributed by atoms with Gasteiger partial charge in [-0.2, -0.15) is 0 Å². The summed E-state index contributed by atoms with van der Waals surface area (Å²) in [6.45, 7) is 13.4. The lowest BCUT2D eigenvalue weighted by Gasteiger charge is -2.37. The molecule has 19 heavy (non-hydrogen) atoms. The minimum Gasteiger partial charge on any atom is -0.316 e. The van der Waals surface area contributed by atoms with E-state index < -0.39 is 0 Å². The first kappa shape index (κ1) is 15.3. The Kier molecular flexibility index (Phi) is 5.70. The van der Waals surface area contributed by atoms with E-state index in [9.17, 15) is 0 Å². The van der Waals surface area contributed by atoms with E-state index in [1.54, 1.807) is 0 Å². The molecular formula is C17H34N2. The van der Waals surface area contributed by atoms with Crippen LogP contribution in [-0.4, -0.2) is 37.6 Å². The van der Waals surface area contributed by atoms with Crippen LogP contribution in [0.5, 0.6) is 0 Å². The first-order valence-corrected chi connectivity index (χ1v) is 8.58. The average Bonchev–Trinajstić information content (AvgIpc) is 2.59. The van der Waals surface area contributed by atoms with Gasteiger partial charge in [0.1, 0.15) is 0 Å². The lowest BCUT2D eigenvalue weighted by atomic mass is 9.79. The van der Waals surface area contributed by atoms with Crippen LogP contribution in [0.4, 0.5) is 0 Å². The van der Waals surface area contributed by atoms with E-state index >= 15 is 0 Å². The van der Waals surface area contributed by atoms with Crippen LogP contribution in [0.25, 0.3) is 0 Å². The summed E-state index contributed by atoms with van der Waals surface area (Å²) in [5.74, 6) is 1.78. The second-order valence-electron chi connectivity index (χ2n) is 7.34. The third kappa shape index (κ3) is 4.19. The second kappa shape index (κ2) is 7.08.